The molecule has 1 heteroatoms. The molecule has 0 heterocycles. The van der Waals surface area contributed by atoms with Gasteiger partial charge in [0.05, 0.1) is 0 Å². The smallest absolute Gasteiger partial charge is 0.0286 e. The lowest BCUT2D eigenvalue weighted by Crippen LogP contribution is -2.24. The molecule has 0 aliphatic carbocycles. The minimum absolute atomic E-state index is 0.0664. The average Bonchev–Trinajstić information content (AvgIpc) is 1.85. The summed E-state index contributed by atoms with van der Waals surface area (Å²) in [5.41, 5.74) is 8.23. The third-order valence-electron chi connectivity index (χ3n) is 2.16. The van der Waals surface area contributed by atoms with Crippen LogP contribution in [0.2, 0.25) is 0 Å². The summed E-state index contributed by atoms with van der Waals surface area (Å²) in [5, 5.41) is 0. The van der Waals surface area contributed by atoms with Crippen molar-refractivity contribution in [3.63, 3.8) is 0 Å². The molecule has 2 N–H and O–H groups in total. The molecule has 0 radical (unpaired) electrons. The summed E-state index contributed by atoms with van der Waals surface area (Å²) in [5.74, 6) is 0. The second kappa shape index (κ2) is 3.90. The fraction of sp³-hybridized carbons (Fsp3) is 0.636. The van der Waals surface area contributed by atoms with Gasteiger partial charge in [0.2, 0.25) is 0 Å². The molecule has 0 spiro atoms. The number of hydrogen-bond acceptors (Lipinski definition) is 1. The van der Waals surface area contributed by atoms with Crippen molar-refractivity contribution in [3.8, 4) is 0 Å². The van der Waals surface area contributed by atoms with Crippen LogP contribution in [0, 0.1) is 5.41 Å². The highest BCUT2D eigenvalue weighted by Gasteiger charge is 2.17. The van der Waals surface area contributed by atoms with Crippen LogP contribution < -0.4 is 5.73 Å². The van der Waals surface area contributed by atoms with Crippen LogP contribution in [0.1, 0.15) is 34.1 Å². The first-order valence-corrected chi connectivity index (χ1v) is 4.34. The molecule has 0 bridgehead atoms. The Labute approximate surface area is 76.3 Å². The van der Waals surface area contributed by atoms with Gasteiger partial charge in [-0.2, -0.15) is 0 Å². The normalized spacial score (nSPS) is 14.1. The van der Waals surface area contributed by atoms with E-state index >= 15 is 0 Å². The zero-order chi connectivity index (χ0) is 9.94. The number of hydrogen-bond donors (Lipinski definition) is 1. The van der Waals surface area contributed by atoms with Crippen LogP contribution in [-0.4, -0.2) is 6.04 Å². The highest BCUT2D eigenvalue weighted by Crippen LogP contribution is 2.27. The topological polar surface area (TPSA) is 26.0 Å². The van der Waals surface area contributed by atoms with Crippen molar-refractivity contribution in [1.82, 2.24) is 0 Å². The highest BCUT2D eigenvalue weighted by molar-refractivity contribution is 5.12. The van der Waals surface area contributed by atoms with E-state index in [0.29, 0.717) is 0 Å². The van der Waals surface area contributed by atoms with E-state index in [2.05, 4.69) is 33.9 Å². The minimum Gasteiger partial charge on any atom is -0.324 e. The van der Waals surface area contributed by atoms with E-state index in [0.717, 1.165) is 12.0 Å². The van der Waals surface area contributed by atoms with E-state index in [4.69, 9.17) is 5.73 Å². The predicted octanol–water partition coefficient (Wildman–Crippen LogP) is 2.88. The molecule has 0 fully saturated rings. The first-order chi connectivity index (χ1) is 5.25. The minimum atomic E-state index is 0.0664. The van der Waals surface area contributed by atoms with Crippen molar-refractivity contribution in [2.45, 2.75) is 40.2 Å². The fourth-order valence-electron chi connectivity index (χ4n) is 0.746. The summed E-state index contributed by atoms with van der Waals surface area (Å²) in [7, 11) is 0. The molecular weight excluding hydrogens is 146 g/mol. The monoisotopic (exact) mass is 167 g/mol. The summed E-state index contributed by atoms with van der Waals surface area (Å²) in [6.45, 7) is 16.3. The Morgan fingerprint density at radius 2 is 1.75 bits per heavy atom. The van der Waals surface area contributed by atoms with Gasteiger partial charge < -0.3 is 5.73 Å². The van der Waals surface area contributed by atoms with Crippen molar-refractivity contribution in [1.29, 1.82) is 0 Å². The van der Waals surface area contributed by atoms with Gasteiger partial charge in [-0.05, 0) is 18.8 Å². The van der Waals surface area contributed by atoms with E-state index in [-0.39, 0.29) is 11.5 Å². The largest absolute Gasteiger partial charge is 0.324 e. The first kappa shape index (κ1) is 11.4. The maximum Gasteiger partial charge on any atom is 0.0286 e. The highest BCUT2D eigenvalue weighted by atomic mass is 14.6. The van der Waals surface area contributed by atoms with Gasteiger partial charge in [-0.15, -0.1) is 0 Å². The Hall–Kier alpha value is -0.560. The van der Waals surface area contributed by atoms with Crippen molar-refractivity contribution < 1.29 is 0 Å². The molecule has 1 atom stereocenters. The zero-order valence-electron chi connectivity index (χ0n) is 8.78. The third-order valence-corrected chi connectivity index (χ3v) is 2.16. The third kappa shape index (κ3) is 3.72. The van der Waals surface area contributed by atoms with Crippen LogP contribution in [0.25, 0.3) is 0 Å². The second-order valence-corrected chi connectivity index (χ2v) is 4.51. The van der Waals surface area contributed by atoms with Crippen molar-refractivity contribution in [2.24, 2.45) is 11.1 Å². The van der Waals surface area contributed by atoms with E-state index in [1.807, 2.05) is 6.92 Å². The fourth-order valence-corrected chi connectivity index (χ4v) is 0.746. The Morgan fingerprint density at radius 1 is 1.33 bits per heavy atom. The molecule has 0 aromatic rings. The lowest BCUT2D eigenvalue weighted by molar-refractivity contribution is 0.474. The second-order valence-electron chi connectivity index (χ2n) is 4.51. The standard InChI is InChI=1S/C11H21N/c1-8(2)10(12)7-9(3)11(4,5)6/h10H,1,3,7,12H2,2,4-6H3. The Morgan fingerprint density at radius 3 is 2.00 bits per heavy atom. The molecule has 1 nitrogen and oxygen atoms in total. The SMILES string of the molecule is C=C(C)C(N)CC(=C)C(C)(C)C. The van der Waals surface area contributed by atoms with E-state index in [1.54, 1.807) is 0 Å². The van der Waals surface area contributed by atoms with Crippen molar-refractivity contribution >= 4 is 0 Å². The van der Waals surface area contributed by atoms with E-state index < -0.39 is 0 Å². The van der Waals surface area contributed by atoms with Gasteiger partial charge in [0.1, 0.15) is 0 Å². The molecule has 0 aromatic heterocycles. The van der Waals surface area contributed by atoms with Gasteiger partial charge in [-0.25, -0.2) is 0 Å². The Bertz CT molecular complexity index is 184. The van der Waals surface area contributed by atoms with E-state index in [9.17, 15) is 0 Å². The Balaban J connectivity index is 4.11. The maximum atomic E-state index is 5.85. The molecule has 70 valence electrons. The molecule has 12 heavy (non-hydrogen) atoms. The van der Waals surface area contributed by atoms with Crippen LogP contribution in [0.3, 0.4) is 0 Å². The summed E-state index contributed by atoms with van der Waals surface area (Å²) in [4.78, 5) is 0. The van der Waals surface area contributed by atoms with Crippen LogP contribution in [0.5, 0.6) is 0 Å². The lowest BCUT2D eigenvalue weighted by atomic mass is 9.83. The molecule has 0 rings (SSSR count). The maximum absolute atomic E-state index is 5.85. The van der Waals surface area contributed by atoms with Crippen molar-refractivity contribution in [2.75, 3.05) is 0 Å². The summed E-state index contributed by atoms with van der Waals surface area (Å²) in [6, 6.07) is 0.0664. The van der Waals surface area contributed by atoms with Gasteiger partial charge >= 0.3 is 0 Å². The number of nitrogens with two attached hydrogens (primary N) is 1. The summed E-state index contributed by atoms with van der Waals surface area (Å²) in [6.07, 6.45) is 0.846. The first-order valence-electron chi connectivity index (χ1n) is 4.34. The predicted molar refractivity (Wildman–Crippen MR) is 56.0 cm³/mol. The van der Waals surface area contributed by atoms with Crippen LogP contribution in [0.4, 0.5) is 0 Å². The Kier molecular flexibility index (Phi) is 3.72. The molecule has 0 amide bonds. The molecule has 0 saturated carbocycles. The van der Waals surface area contributed by atoms with Crippen LogP contribution >= 0.6 is 0 Å². The lowest BCUT2D eigenvalue weighted by Gasteiger charge is -2.24. The molecule has 1 unspecified atom stereocenters. The van der Waals surface area contributed by atoms with Gasteiger partial charge in [0.25, 0.3) is 0 Å². The van der Waals surface area contributed by atoms with Crippen molar-refractivity contribution in [3.05, 3.63) is 24.3 Å². The van der Waals surface area contributed by atoms with Gasteiger partial charge in [-0.3, -0.25) is 0 Å². The van der Waals surface area contributed by atoms with Crippen LogP contribution in [-0.2, 0) is 0 Å². The van der Waals surface area contributed by atoms with E-state index in [1.165, 1.54) is 5.57 Å². The summed E-state index contributed by atoms with van der Waals surface area (Å²) >= 11 is 0. The molecule has 0 aliphatic heterocycles. The zero-order valence-corrected chi connectivity index (χ0v) is 8.78. The van der Waals surface area contributed by atoms with Gasteiger partial charge in [-0.1, -0.05) is 45.1 Å². The molecular formula is C11H21N. The summed E-state index contributed by atoms with van der Waals surface area (Å²) < 4.78 is 0. The van der Waals surface area contributed by atoms with Gasteiger partial charge in [0, 0.05) is 6.04 Å². The van der Waals surface area contributed by atoms with Crippen LogP contribution in [0.15, 0.2) is 24.3 Å². The number of rotatable bonds is 3. The molecule has 0 saturated heterocycles. The average molecular weight is 167 g/mol. The molecule has 0 aromatic carbocycles. The quantitative estimate of drug-likeness (QED) is 0.643. The van der Waals surface area contributed by atoms with Gasteiger partial charge in [0.15, 0.2) is 0 Å². The molecule has 0 aliphatic rings.